The molecule has 1 saturated heterocycles. The molecule has 1 aliphatic rings. The van der Waals surface area contributed by atoms with E-state index in [4.69, 9.17) is 15.2 Å². The number of primary amides is 1. The van der Waals surface area contributed by atoms with Gasteiger partial charge in [0.2, 0.25) is 11.8 Å². The van der Waals surface area contributed by atoms with E-state index in [-0.39, 0.29) is 17.7 Å². The van der Waals surface area contributed by atoms with Crippen molar-refractivity contribution in [2.75, 3.05) is 13.1 Å². The van der Waals surface area contributed by atoms with Gasteiger partial charge in [-0.15, -0.1) is 0 Å². The number of likely N-dealkylation sites (tertiary alicyclic amines) is 1. The molecular weight excluding hydrogens is 352 g/mol. The zero-order valence-electron chi connectivity index (χ0n) is 15.7. The number of carbonyl (C=O) groups excluding carboxylic acids is 1. The van der Waals surface area contributed by atoms with Crippen LogP contribution >= 0.6 is 0 Å². The molecule has 1 atom stereocenters. The summed E-state index contributed by atoms with van der Waals surface area (Å²) in [6, 6.07) is 20.4. The molecule has 2 heterocycles. The Morgan fingerprint density at radius 1 is 1.11 bits per heavy atom. The normalized spacial score (nSPS) is 17.7. The van der Waals surface area contributed by atoms with Crippen LogP contribution in [0.3, 0.4) is 0 Å². The number of hydrogen-bond acceptors (Lipinski definition) is 5. The van der Waals surface area contributed by atoms with E-state index in [1.165, 1.54) is 0 Å². The monoisotopic (exact) mass is 376 g/mol. The van der Waals surface area contributed by atoms with E-state index in [1.807, 2.05) is 36.4 Å². The van der Waals surface area contributed by atoms with Crippen molar-refractivity contribution in [2.24, 2.45) is 11.7 Å². The first-order valence-corrected chi connectivity index (χ1v) is 9.65. The second-order valence-corrected chi connectivity index (χ2v) is 7.28. The first-order chi connectivity index (χ1) is 13.7. The van der Waals surface area contributed by atoms with E-state index in [2.05, 4.69) is 34.3 Å². The molecule has 1 aliphatic heterocycles. The molecule has 6 heteroatoms. The minimum Gasteiger partial charge on any atom is -0.369 e. The third-order valence-corrected chi connectivity index (χ3v) is 5.27. The molecule has 1 fully saturated rings. The topological polar surface area (TPSA) is 85.3 Å². The predicted molar refractivity (Wildman–Crippen MR) is 105 cm³/mol. The number of piperidine rings is 1. The molecule has 2 N–H and O–H groups in total. The molecule has 4 rings (SSSR count). The lowest BCUT2D eigenvalue weighted by Gasteiger charge is -2.29. The maximum absolute atomic E-state index is 11.5. The molecule has 144 valence electrons. The van der Waals surface area contributed by atoms with Crippen LogP contribution < -0.4 is 5.73 Å². The Morgan fingerprint density at radius 2 is 1.75 bits per heavy atom. The van der Waals surface area contributed by atoms with E-state index in [0.29, 0.717) is 24.8 Å². The van der Waals surface area contributed by atoms with E-state index < -0.39 is 0 Å². The van der Waals surface area contributed by atoms with Crippen LogP contribution in [0, 0.1) is 5.92 Å². The van der Waals surface area contributed by atoms with E-state index in [0.717, 1.165) is 30.5 Å². The van der Waals surface area contributed by atoms with Crippen LogP contribution in [0.2, 0.25) is 0 Å². The maximum Gasteiger partial charge on any atom is 0.240 e. The molecule has 0 bridgehead atoms. The fraction of sp³-hybridized carbons (Fsp3) is 0.318. The molecule has 0 radical (unpaired) electrons. The van der Waals surface area contributed by atoms with Gasteiger partial charge >= 0.3 is 0 Å². The highest BCUT2D eigenvalue weighted by Gasteiger charge is 2.27. The standard InChI is InChI=1S/C22H24N4O2/c23-21(27)18-12-7-13-26(14-18)15-19-24-22(25-28-19)20(16-8-3-1-4-9-16)17-10-5-2-6-11-17/h1-6,8-11,18,20H,7,12-15H2,(H2,23,27). The van der Waals surface area contributed by atoms with Crippen molar-refractivity contribution in [3.8, 4) is 0 Å². The maximum atomic E-state index is 11.5. The molecule has 28 heavy (non-hydrogen) atoms. The smallest absolute Gasteiger partial charge is 0.240 e. The fourth-order valence-electron chi connectivity index (χ4n) is 3.85. The summed E-state index contributed by atoms with van der Waals surface area (Å²) in [7, 11) is 0. The molecule has 0 aliphatic carbocycles. The number of aromatic nitrogens is 2. The summed E-state index contributed by atoms with van der Waals surface area (Å²) >= 11 is 0. The van der Waals surface area contributed by atoms with E-state index in [9.17, 15) is 4.79 Å². The zero-order valence-corrected chi connectivity index (χ0v) is 15.7. The van der Waals surface area contributed by atoms with Crippen molar-refractivity contribution in [3.05, 3.63) is 83.5 Å². The fourth-order valence-corrected chi connectivity index (χ4v) is 3.85. The van der Waals surface area contributed by atoms with Gasteiger partial charge in [0.25, 0.3) is 0 Å². The van der Waals surface area contributed by atoms with Gasteiger partial charge in [-0.05, 0) is 30.5 Å². The van der Waals surface area contributed by atoms with Gasteiger partial charge in [0.1, 0.15) is 0 Å². The summed E-state index contributed by atoms with van der Waals surface area (Å²) in [6.07, 6.45) is 1.80. The summed E-state index contributed by atoms with van der Waals surface area (Å²) in [5, 5.41) is 4.28. The highest BCUT2D eigenvalue weighted by atomic mass is 16.5. The van der Waals surface area contributed by atoms with Crippen molar-refractivity contribution in [2.45, 2.75) is 25.3 Å². The minimum absolute atomic E-state index is 0.0837. The van der Waals surface area contributed by atoms with E-state index in [1.54, 1.807) is 0 Å². The SMILES string of the molecule is NC(=O)C1CCCN(Cc2nc(C(c3ccccc3)c3ccccc3)no2)C1. The van der Waals surface area contributed by atoms with Gasteiger partial charge < -0.3 is 10.3 Å². The van der Waals surface area contributed by atoms with Crippen LogP contribution in [0.15, 0.2) is 65.2 Å². The lowest BCUT2D eigenvalue weighted by molar-refractivity contribution is -0.123. The first kappa shape index (κ1) is 18.4. The number of rotatable bonds is 6. The van der Waals surface area contributed by atoms with Gasteiger partial charge in [-0.2, -0.15) is 4.98 Å². The van der Waals surface area contributed by atoms with Crippen molar-refractivity contribution in [1.29, 1.82) is 0 Å². The zero-order chi connectivity index (χ0) is 19.3. The number of hydrogen-bond donors (Lipinski definition) is 1. The Balaban J connectivity index is 1.56. The molecule has 1 amide bonds. The molecule has 1 aromatic heterocycles. The molecule has 2 aromatic carbocycles. The molecular formula is C22H24N4O2. The predicted octanol–water partition coefficient (Wildman–Crippen LogP) is 2.95. The Bertz CT molecular complexity index is 871. The van der Waals surface area contributed by atoms with Crippen LogP contribution in [0.25, 0.3) is 0 Å². The Hall–Kier alpha value is -2.99. The van der Waals surface area contributed by atoms with Gasteiger partial charge in [-0.1, -0.05) is 65.8 Å². The highest BCUT2D eigenvalue weighted by molar-refractivity contribution is 5.76. The lowest BCUT2D eigenvalue weighted by Crippen LogP contribution is -2.40. The highest BCUT2D eigenvalue weighted by Crippen LogP contribution is 2.30. The second kappa shape index (κ2) is 8.35. The molecule has 0 saturated carbocycles. The van der Waals surface area contributed by atoms with Gasteiger partial charge in [0.15, 0.2) is 5.82 Å². The Morgan fingerprint density at radius 3 is 2.36 bits per heavy atom. The quantitative estimate of drug-likeness (QED) is 0.715. The summed E-state index contributed by atoms with van der Waals surface area (Å²) in [5.41, 5.74) is 7.72. The van der Waals surface area contributed by atoms with Gasteiger partial charge in [0.05, 0.1) is 18.4 Å². The summed E-state index contributed by atoms with van der Waals surface area (Å²) in [4.78, 5) is 18.4. The number of carbonyl (C=O) groups is 1. The van der Waals surface area contributed by atoms with Crippen molar-refractivity contribution >= 4 is 5.91 Å². The van der Waals surface area contributed by atoms with E-state index >= 15 is 0 Å². The summed E-state index contributed by atoms with van der Waals surface area (Å²) in [5.74, 6) is 0.800. The number of benzene rings is 2. The van der Waals surface area contributed by atoms with Crippen LogP contribution in [0.1, 0.15) is 41.6 Å². The average Bonchev–Trinajstić information content (AvgIpc) is 3.18. The number of nitrogens with two attached hydrogens (primary N) is 1. The molecule has 3 aromatic rings. The van der Waals surface area contributed by atoms with Gasteiger partial charge in [0, 0.05) is 6.54 Å². The lowest BCUT2D eigenvalue weighted by atomic mass is 9.91. The van der Waals surface area contributed by atoms with Crippen molar-refractivity contribution < 1.29 is 9.32 Å². The molecule has 1 unspecified atom stereocenters. The number of nitrogens with zero attached hydrogens (tertiary/aromatic N) is 3. The van der Waals surface area contributed by atoms with Crippen LogP contribution in [0.4, 0.5) is 0 Å². The second-order valence-electron chi connectivity index (χ2n) is 7.28. The Labute approximate surface area is 164 Å². The summed E-state index contributed by atoms with van der Waals surface area (Å²) < 4.78 is 5.57. The minimum atomic E-state index is -0.232. The van der Waals surface area contributed by atoms with Crippen LogP contribution in [-0.2, 0) is 11.3 Å². The van der Waals surface area contributed by atoms with Crippen LogP contribution in [0.5, 0.6) is 0 Å². The molecule has 0 spiro atoms. The van der Waals surface area contributed by atoms with Gasteiger partial charge in [-0.3, -0.25) is 9.69 Å². The van der Waals surface area contributed by atoms with Crippen LogP contribution in [-0.4, -0.2) is 34.0 Å². The van der Waals surface area contributed by atoms with Gasteiger partial charge in [-0.25, -0.2) is 0 Å². The number of amides is 1. The van der Waals surface area contributed by atoms with Crippen molar-refractivity contribution in [1.82, 2.24) is 15.0 Å². The third kappa shape index (κ3) is 4.12. The largest absolute Gasteiger partial charge is 0.369 e. The Kier molecular flexibility index (Phi) is 5.48. The first-order valence-electron chi connectivity index (χ1n) is 9.65. The average molecular weight is 376 g/mol. The third-order valence-electron chi connectivity index (χ3n) is 5.27. The molecule has 6 nitrogen and oxygen atoms in total. The van der Waals surface area contributed by atoms with Crippen molar-refractivity contribution in [3.63, 3.8) is 0 Å². The summed E-state index contributed by atoms with van der Waals surface area (Å²) in [6.45, 7) is 2.09.